The van der Waals surface area contributed by atoms with E-state index in [4.69, 9.17) is 0 Å². The molecule has 94 valence electrons. The Kier molecular flexibility index (Phi) is 5.85. The molecule has 0 rings (SSSR count). The number of amides is 3. The fraction of sp³-hybridized carbons (Fsp3) is 0.818. The van der Waals surface area contributed by atoms with Crippen molar-refractivity contribution in [2.45, 2.75) is 27.7 Å². The molecule has 0 unspecified atom stereocenters. The van der Waals surface area contributed by atoms with Gasteiger partial charge in [0.1, 0.15) is 0 Å². The number of hydrogen-bond acceptors (Lipinski definition) is 2. The molecule has 0 aromatic carbocycles. The molecule has 0 fully saturated rings. The minimum absolute atomic E-state index is 0.0765. The average Bonchev–Trinajstić information content (AvgIpc) is 2.27. The van der Waals surface area contributed by atoms with Crippen LogP contribution in [0.25, 0.3) is 0 Å². The number of urea groups is 1. The van der Waals surface area contributed by atoms with Gasteiger partial charge in [-0.15, -0.1) is 0 Å². The molecular formula is C11H23N3O2. The quantitative estimate of drug-likeness (QED) is 0.733. The number of hydrogen-bond donors (Lipinski definition) is 2. The maximum Gasteiger partial charge on any atom is 0.317 e. The van der Waals surface area contributed by atoms with Crippen LogP contribution in [-0.2, 0) is 4.79 Å². The zero-order valence-corrected chi connectivity index (χ0v) is 10.9. The first kappa shape index (κ1) is 14.7. The summed E-state index contributed by atoms with van der Waals surface area (Å²) in [5.41, 5.74) is -0.586. The van der Waals surface area contributed by atoms with Gasteiger partial charge in [-0.2, -0.15) is 0 Å². The number of nitrogens with zero attached hydrogens (tertiary/aromatic N) is 1. The summed E-state index contributed by atoms with van der Waals surface area (Å²) in [6.45, 7) is 9.12. The van der Waals surface area contributed by atoms with Gasteiger partial charge in [-0.3, -0.25) is 4.79 Å². The summed E-state index contributed by atoms with van der Waals surface area (Å²) in [5.74, 6) is -0.0765. The Morgan fingerprint density at radius 3 is 2.06 bits per heavy atom. The van der Waals surface area contributed by atoms with Crippen molar-refractivity contribution >= 4 is 11.9 Å². The number of carbonyl (C=O) groups excluding carboxylic acids is 2. The normalized spacial score (nSPS) is 10.8. The van der Waals surface area contributed by atoms with Gasteiger partial charge >= 0.3 is 6.03 Å². The Hall–Kier alpha value is -1.26. The molecule has 0 bridgehead atoms. The third kappa shape index (κ3) is 4.08. The lowest BCUT2D eigenvalue weighted by Crippen LogP contribution is -2.47. The SMILES string of the molecule is CCN(CC)C(=O)NCC(C)(C)C(=O)NC. The smallest absolute Gasteiger partial charge is 0.317 e. The minimum Gasteiger partial charge on any atom is -0.359 e. The van der Waals surface area contributed by atoms with Crippen molar-refractivity contribution in [3.8, 4) is 0 Å². The van der Waals surface area contributed by atoms with Crippen molar-refractivity contribution < 1.29 is 9.59 Å². The standard InChI is InChI=1S/C11H23N3O2/c1-6-14(7-2)10(16)13-8-11(3,4)9(15)12-5/h6-8H2,1-5H3,(H,12,15)(H,13,16). The molecule has 0 aliphatic rings. The predicted molar refractivity (Wildman–Crippen MR) is 64.2 cm³/mol. The Morgan fingerprint density at radius 1 is 1.19 bits per heavy atom. The molecule has 0 aromatic rings. The van der Waals surface area contributed by atoms with Crippen molar-refractivity contribution in [2.75, 3.05) is 26.7 Å². The van der Waals surface area contributed by atoms with E-state index in [1.54, 1.807) is 25.8 Å². The highest BCUT2D eigenvalue weighted by Gasteiger charge is 2.27. The first-order valence-electron chi connectivity index (χ1n) is 5.64. The average molecular weight is 229 g/mol. The predicted octanol–water partition coefficient (Wildman–Crippen LogP) is 0.810. The van der Waals surface area contributed by atoms with Crippen molar-refractivity contribution in [1.29, 1.82) is 0 Å². The minimum atomic E-state index is -0.586. The third-order valence-electron chi connectivity index (χ3n) is 2.57. The van der Waals surface area contributed by atoms with E-state index in [2.05, 4.69) is 10.6 Å². The van der Waals surface area contributed by atoms with Crippen LogP contribution < -0.4 is 10.6 Å². The van der Waals surface area contributed by atoms with E-state index in [1.807, 2.05) is 13.8 Å². The highest BCUT2D eigenvalue weighted by molar-refractivity contribution is 5.82. The fourth-order valence-corrected chi connectivity index (χ4v) is 1.34. The number of nitrogens with one attached hydrogen (secondary N) is 2. The molecule has 0 atom stereocenters. The molecule has 5 nitrogen and oxygen atoms in total. The summed E-state index contributed by atoms with van der Waals surface area (Å²) in [7, 11) is 1.59. The Morgan fingerprint density at radius 2 is 1.69 bits per heavy atom. The molecule has 3 amide bonds. The summed E-state index contributed by atoms with van der Waals surface area (Å²) in [6, 6.07) is -0.123. The van der Waals surface area contributed by atoms with E-state index in [9.17, 15) is 9.59 Å². The topological polar surface area (TPSA) is 61.4 Å². The molecule has 0 saturated heterocycles. The molecule has 0 spiro atoms. The van der Waals surface area contributed by atoms with Gasteiger partial charge in [0, 0.05) is 26.7 Å². The molecule has 0 heterocycles. The first-order valence-corrected chi connectivity index (χ1v) is 5.64. The maximum absolute atomic E-state index is 11.6. The van der Waals surface area contributed by atoms with Crippen LogP contribution in [0.4, 0.5) is 4.79 Å². The van der Waals surface area contributed by atoms with E-state index in [0.29, 0.717) is 19.6 Å². The van der Waals surface area contributed by atoms with Crippen LogP contribution in [0.1, 0.15) is 27.7 Å². The van der Waals surface area contributed by atoms with E-state index in [1.165, 1.54) is 0 Å². The second-order valence-electron chi connectivity index (χ2n) is 4.29. The highest BCUT2D eigenvalue weighted by atomic mass is 16.2. The molecule has 16 heavy (non-hydrogen) atoms. The van der Waals surface area contributed by atoms with Gasteiger partial charge in [0.2, 0.25) is 5.91 Å². The largest absolute Gasteiger partial charge is 0.359 e. The Labute approximate surface area is 97.6 Å². The summed E-state index contributed by atoms with van der Waals surface area (Å²) >= 11 is 0. The second-order valence-corrected chi connectivity index (χ2v) is 4.29. The summed E-state index contributed by atoms with van der Waals surface area (Å²) in [6.07, 6.45) is 0. The lowest BCUT2D eigenvalue weighted by Gasteiger charge is -2.25. The van der Waals surface area contributed by atoms with E-state index < -0.39 is 5.41 Å². The molecule has 0 aliphatic carbocycles. The molecule has 0 aromatic heterocycles. The van der Waals surface area contributed by atoms with Crippen LogP contribution in [0.5, 0.6) is 0 Å². The van der Waals surface area contributed by atoms with Crippen molar-refractivity contribution in [3.63, 3.8) is 0 Å². The van der Waals surface area contributed by atoms with Gasteiger partial charge in [0.15, 0.2) is 0 Å². The van der Waals surface area contributed by atoms with Gasteiger partial charge < -0.3 is 15.5 Å². The zero-order valence-electron chi connectivity index (χ0n) is 10.9. The fourth-order valence-electron chi connectivity index (χ4n) is 1.34. The van der Waals surface area contributed by atoms with Crippen molar-refractivity contribution in [1.82, 2.24) is 15.5 Å². The van der Waals surface area contributed by atoms with Crippen LogP contribution in [0.15, 0.2) is 0 Å². The number of carbonyl (C=O) groups is 2. The Bertz CT molecular complexity index is 248. The molecular weight excluding hydrogens is 206 g/mol. The summed E-state index contributed by atoms with van der Waals surface area (Å²) in [5, 5.41) is 5.35. The molecule has 5 heteroatoms. The van der Waals surface area contributed by atoms with Gasteiger partial charge in [-0.1, -0.05) is 0 Å². The van der Waals surface area contributed by atoms with E-state index >= 15 is 0 Å². The molecule has 0 saturated carbocycles. The molecule has 2 N–H and O–H groups in total. The van der Waals surface area contributed by atoms with Crippen molar-refractivity contribution in [3.05, 3.63) is 0 Å². The number of rotatable bonds is 5. The van der Waals surface area contributed by atoms with Crippen molar-refractivity contribution in [2.24, 2.45) is 5.41 Å². The van der Waals surface area contributed by atoms with Gasteiger partial charge in [-0.05, 0) is 27.7 Å². The lowest BCUT2D eigenvalue weighted by atomic mass is 9.92. The third-order valence-corrected chi connectivity index (χ3v) is 2.57. The molecule has 0 aliphatic heterocycles. The van der Waals surface area contributed by atoms with E-state index in [-0.39, 0.29) is 11.9 Å². The second kappa shape index (κ2) is 6.35. The highest BCUT2D eigenvalue weighted by Crippen LogP contribution is 2.13. The molecule has 0 radical (unpaired) electrons. The van der Waals surface area contributed by atoms with Gasteiger partial charge in [0.25, 0.3) is 0 Å². The first-order chi connectivity index (χ1) is 7.38. The summed E-state index contributed by atoms with van der Waals surface area (Å²) < 4.78 is 0. The zero-order chi connectivity index (χ0) is 12.8. The van der Waals surface area contributed by atoms with Crippen LogP contribution in [-0.4, -0.2) is 43.5 Å². The van der Waals surface area contributed by atoms with E-state index in [0.717, 1.165) is 0 Å². The maximum atomic E-state index is 11.6. The van der Waals surface area contributed by atoms with Crippen LogP contribution >= 0.6 is 0 Å². The summed E-state index contributed by atoms with van der Waals surface area (Å²) in [4.78, 5) is 24.8. The van der Waals surface area contributed by atoms with Gasteiger partial charge in [0.05, 0.1) is 5.41 Å². The van der Waals surface area contributed by atoms with Gasteiger partial charge in [-0.25, -0.2) is 4.79 Å². The van der Waals surface area contributed by atoms with Crippen LogP contribution in [0.2, 0.25) is 0 Å². The monoisotopic (exact) mass is 229 g/mol. The Balaban J connectivity index is 4.23. The lowest BCUT2D eigenvalue weighted by molar-refractivity contribution is -0.128. The van der Waals surface area contributed by atoms with Crippen LogP contribution in [0, 0.1) is 5.41 Å². The van der Waals surface area contributed by atoms with Crippen LogP contribution in [0.3, 0.4) is 0 Å².